The molecule has 0 bridgehead atoms. The van der Waals surface area contributed by atoms with Crippen LogP contribution in [0.5, 0.6) is 0 Å². The number of anilines is 1. The molecular weight excluding hydrogens is 231 g/mol. The lowest BCUT2D eigenvalue weighted by Crippen LogP contribution is -2.31. The lowest BCUT2D eigenvalue weighted by Gasteiger charge is -2.13. The zero-order valence-corrected chi connectivity index (χ0v) is 9.35. The summed E-state index contributed by atoms with van der Waals surface area (Å²) in [6, 6.07) is 4.43. The molecule has 1 aliphatic heterocycles. The van der Waals surface area contributed by atoms with E-state index in [1.54, 1.807) is 0 Å². The summed E-state index contributed by atoms with van der Waals surface area (Å²) in [5, 5.41) is 6.23. The van der Waals surface area contributed by atoms with Gasteiger partial charge < -0.3 is 10.6 Å². The van der Waals surface area contributed by atoms with Gasteiger partial charge in [0.15, 0.2) is 0 Å². The quantitative estimate of drug-likeness (QED) is 0.853. The number of rotatable bonds is 3. The molecule has 1 aliphatic rings. The number of halogens is 2. The van der Waals surface area contributed by atoms with Crippen LogP contribution >= 0.6 is 11.6 Å². The van der Waals surface area contributed by atoms with E-state index in [1.165, 1.54) is 18.2 Å². The molecule has 0 radical (unpaired) electrons. The van der Waals surface area contributed by atoms with Gasteiger partial charge in [-0.2, -0.15) is 0 Å². The lowest BCUT2D eigenvalue weighted by molar-refractivity contribution is -0.119. The summed E-state index contributed by atoms with van der Waals surface area (Å²) in [5.74, 6) is -0.285. The smallest absolute Gasteiger partial charge is 0.220 e. The highest BCUT2D eigenvalue weighted by Crippen LogP contribution is 2.19. The van der Waals surface area contributed by atoms with Crippen LogP contribution < -0.4 is 10.6 Å². The Bertz CT molecular complexity index is 411. The van der Waals surface area contributed by atoms with E-state index in [1.807, 2.05) is 0 Å². The molecule has 1 amide bonds. The molecule has 3 nitrogen and oxygen atoms in total. The van der Waals surface area contributed by atoms with Crippen LogP contribution in [0.25, 0.3) is 0 Å². The largest absolute Gasteiger partial charge is 0.381 e. The zero-order chi connectivity index (χ0) is 11.5. The molecule has 2 N–H and O–H groups in total. The van der Waals surface area contributed by atoms with Crippen molar-refractivity contribution in [2.75, 3.05) is 11.9 Å². The third kappa shape index (κ3) is 2.64. The van der Waals surface area contributed by atoms with Crippen LogP contribution in [0.15, 0.2) is 18.2 Å². The van der Waals surface area contributed by atoms with Crippen LogP contribution in [0.2, 0.25) is 5.02 Å². The standard InChI is InChI=1S/C11H12ClFN2O/c12-7-1-3-9(13)10(5-7)14-6-8-2-4-11(16)15-8/h1,3,5,8,14H,2,4,6H2,(H,15,16). The molecule has 0 spiro atoms. The first kappa shape index (κ1) is 11.2. The van der Waals surface area contributed by atoms with Gasteiger partial charge in [0.1, 0.15) is 5.82 Å². The molecular formula is C11H12ClFN2O. The molecule has 1 unspecified atom stereocenters. The number of hydrogen-bond acceptors (Lipinski definition) is 2. The normalized spacial score (nSPS) is 19.6. The Hall–Kier alpha value is -1.29. The fraction of sp³-hybridized carbons (Fsp3) is 0.364. The number of hydrogen-bond donors (Lipinski definition) is 2. The molecule has 1 fully saturated rings. The van der Waals surface area contributed by atoms with Crippen molar-refractivity contribution >= 4 is 23.2 Å². The SMILES string of the molecule is O=C1CCC(CNc2cc(Cl)ccc2F)N1. The fourth-order valence-electron chi connectivity index (χ4n) is 1.70. The molecule has 16 heavy (non-hydrogen) atoms. The van der Waals surface area contributed by atoms with Crippen LogP contribution in [0, 0.1) is 5.82 Å². The Morgan fingerprint density at radius 1 is 1.56 bits per heavy atom. The Kier molecular flexibility index (Phi) is 3.29. The van der Waals surface area contributed by atoms with E-state index in [0.29, 0.717) is 23.7 Å². The highest BCUT2D eigenvalue weighted by Gasteiger charge is 2.20. The third-order valence-electron chi connectivity index (χ3n) is 2.55. The molecule has 0 aliphatic carbocycles. The number of nitrogens with one attached hydrogen (secondary N) is 2. The van der Waals surface area contributed by atoms with Gasteiger partial charge in [-0.25, -0.2) is 4.39 Å². The van der Waals surface area contributed by atoms with Crippen LogP contribution in [-0.4, -0.2) is 18.5 Å². The number of carbonyl (C=O) groups excluding carboxylic acids is 1. The first-order valence-electron chi connectivity index (χ1n) is 5.13. The summed E-state index contributed by atoms with van der Waals surface area (Å²) >= 11 is 5.76. The fourth-order valence-corrected chi connectivity index (χ4v) is 1.87. The van der Waals surface area contributed by atoms with E-state index in [2.05, 4.69) is 10.6 Å². The summed E-state index contributed by atoms with van der Waals surface area (Å²) in [5.41, 5.74) is 0.369. The van der Waals surface area contributed by atoms with Crippen molar-refractivity contribution < 1.29 is 9.18 Å². The average Bonchev–Trinajstić information content (AvgIpc) is 2.66. The third-order valence-corrected chi connectivity index (χ3v) is 2.79. The van der Waals surface area contributed by atoms with Crippen molar-refractivity contribution in [2.24, 2.45) is 0 Å². The van der Waals surface area contributed by atoms with E-state index in [0.717, 1.165) is 6.42 Å². The predicted molar refractivity (Wildman–Crippen MR) is 61.1 cm³/mol. The molecule has 1 heterocycles. The predicted octanol–water partition coefficient (Wildman–Crippen LogP) is 2.17. The van der Waals surface area contributed by atoms with E-state index < -0.39 is 0 Å². The Morgan fingerprint density at radius 2 is 2.38 bits per heavy atom. The molecule has 5 heteroatoms. The highest BCUT2D eigenvalue weighted by molar-refractivity contribution is 6.30. The summed E-state index contributed by atoms with van der Waals surface area (Å²) in [6.45, 7) is 0.517. The van der Waals surface area contributed by atoms with Crippen LogP contribution in [0.3, 0.4) is 0 Å². The van der Waals surface area contributed by atoms with E-state index >= 15 is 0 Å². The summed E-state index contributed by atoms with van der Waals surface area (Å²) in [7, 11) is 0. The summed E-state index contributed by atoms with van der Waals surface area (Å²) in [4.78, 5) is 11.0. The van der Waals surface area contributed by atoms with E-state index in [-0.39, 0.29) is 17.8 Å². The van der Waals surface area contributed by atoms with Gasteiger partial charge in [-0.15, -0.1) is 0 Å². The summed E-state index contributed by atoms with van der Waals surface area (Å²) < 4.78 is 13.3. The van der Waals surface area contributed by atoms with E-state index in [4.69, 9.17) is 11.6 Å². The van der Waals surface area contributed by atoms with Gasteiger partial charge in [0.25, 0.3) is 0 Å². The van der Waals surface area contributed by atoms with Gasteiger partial charge in [-0.3, -0.25) is 4.79 Å². The minimum atomic E-state index is -0.339. The van der Waals surface area contributed by atoms with Crippen molar-refractivity contribution in [2.45, 2.75) is 18.9 Å². The van der Waals surface area contributed by atoms with Gasteiger partial charge in [0, 0.05) is 24.0 Å². The molecule has 1 saturated heterocycles. The van der Waals surface area contributed by atoms with Crippen LogP contribution in [-0.2, 0) is 4.79 Å². The monoisotopic (exact) mass is 242 g/mol. The maximum atomic E-state index is 13.3. The molecule has 1 aromatic rings. The van der Waals surface area contributed by atoms with Crippen molar-refractivity contribution in [3.05, 3.63) is 29.0 Å². The minimum Gasteiger partial charge on any atom is -0.381 e. The maximum absolute atomic E-state index is 13.3. The van der Waals surface area contributed by atoms with E-state index in [9.17, 15) is 9.18 Å². The average molecular weight is 243 g/mol. The highest BCUT2D eigenvalue weighted by atomic mass is 35.5. The van der Waals surface area contributed by atoms with Crippen molar-refractivity contribution in [1.82, 2.24) is 5.32 Å². The minimum absolute atomic E-state index is 0.0540. The molecule has 86 valence electrons. The first-order chi connectivity index (χ1) is 7.65. The second-order valence-corrected chi connectivity index (χ2v) is 4.24. The zero-order valence-electron chi connectivity index (χ0n) is 8.59. The second kappa shape index (κ2) is 4.70. The molecule has 1 aromatic carbocycles. The number of amides is 1. The Balaban J connectivity index is 1.94. The van der Waals surface area contributed by atoms with Gasteiger partial charge in [0.05, 0.1) is 5.69 Å². The summed E-state index contributed by atoms with van der Waals surface area (Å²) in [6.07, 6.45) is 1.33. The molecule has 1 atom stereocenters. The van der Waals surface area contributed by atoms with Gasteiger partial charge in [-0.1, -0.05) is 11.6 Å². The maximum Gasteiger partial charge on any atom is 0.220 e. The Morgan fingerprint density at radius 3 is 3.06 bits per heavy atom. The van der Waals surface area contributed by atoms with Gasteiger partial charge in [0.2, 0.25) is 5.91 Å². The first-order valence-corrected chi connectivity index (χ1v) is 5.51. The number of benzene rings is 1. The second-order valence-electron chi connectivity index (χ2n) is 3.81. The number of carbonyl (C=O) groups is 1. The van der Waals surface area contributed by atoms with Crippen LogP contribution in [0.4, 0.5) is 10.1 Å². The van der Waals surface area contributed by atoms with Crippen molar-refractivity contribution in [3.8, 4) is 0 Å². The van der Waals surface area contributed by atoms with Gasteiger partial charge in [-0.05, 0) is 24.6 Å². The Labute approximate surface area is 98.0 Å². The molecule has 0 saturated carbocycles. The van der Waals surface area contributed by atoms with Crippen molar-refractivity contribution in [3.63, 3.8) is 0 Å². The molecule has 0 aromatic heterocycles. The van der Waals surface area contributed by atoms with Gasteiger partial charge >= 0.3 is 0 Å². The molecule has 2 rings (SSSR count). The topological polar surface area (TPSA) is 41.1 Å². The van der Waals surface area contributed by atoms with Crippen molar-refractivity contribution in [1.29, 1.82) is 0 Å². The lowest BCUT2D eigenvalue weighted by atomic mass is 10.2. The van der Waals surface area contributed by atoms with Crippen LogP contribution in [0.1, 0.15) is 12.8 Å².